The van der Waals surface area contributed by atoms with Crippen LogP contribution in [0.3, 0.4) is 0 Å². The fourth-order valence-corrected chi connectivity index (χ4v) is 2.62. The second-order valence-corrected chi connectivity index (χ2v) is 5.62. The van der Waals surface area contributed by atoms with Gasteiger partial charge in [0.25, 0.3) is 5.89 Å². The first-order valence-corrected chi connectivity index (χ1v) is 6.76. The summed E-state index contributed by atoms with van der Waals surface area (Å²) in [6.45, 7) is 0. The van der Waals surface area contributed by atoms with Crippen molar-refractivity contribution in [2.45, 2.75) is 0 Å². The molecule has 5 nitrogen and oxygen atoms in total. The molecule has 100 valence electrons. The van der Waals surface area contributed by atoms with Crippen molar-refractivity contribution in [2.24, 2.45) is 0 Å². The number of benzene rings is 1. The summed E-state index contributed by atoms with van der Waals surface area (Å²) in [6.07, 6.45) is 0. The average molecular weight is 307 g/mol. The highest BCUT2D eigenvalue weighted by Crippen LogP contribution is 2.31. The van der Waals surface area contributed by atoms with Crippen LogP contribution in [0.4, 0.5) is 0 Å². The molecule has 0 radical (unpaired) electrons. The molecule has 0 spiro atoms. The van der Waals surface area contributed by atoms with E-state index in [-0.39, 0.29) is 11.5 Å². The lowest BCUT2D eigenvalue weighted by atomic mass is 10.1. The van der Waals surface area contributed by atoms with Crippen LogP contribution in [0.25, 0.3) is 22.2 Å². The zero-order chi connectivity index (χ0) is 14.1. The molecule has 1 aromatic carbocycles. The third-order valence-electron chi connectivity index (χ3n) is 2.57. The smallest absolute Gasteiger partial charge is 0.335 e. The van der Waals surface area contributed by atoms with Gasteiger partial charge in [-0.05, 0) is 30.3 Å². The van der Waals surface area contributed by atoms with Crippen LogP contribution in [-0.2, 0) is 0 Å². The summed E-state index contributed by atoms with van der Waals surface area (Å²) < 4.78 is 6.17. The summed E-state index contributed by atoms with van der Waals surface area (Å²) in [4.78, 5) is 11.7. The lowest BCUT2D eigenvalue weighted by Crippen LogP contribution is -1.95. The van der Waals surface area contributed by atoms with E-state index < -0.39 is 5.97 Å². The maximum Gasteiger partial charge on any atom is 0.335 e. The molecule has 3 aromatic rings. The van der Waals surface area contributed by atoms with Crippen molar-refractivity contribution in [3.8, 4) is 22.2 Å². The first kappa shape index (κ1) is 12.8. The number of nitrogens with zero attached hydrogens (tertiary/aromatic N) is 2. The molecule has 20 heavy (non-hydrogen) atoms. The number of hydrogen-bond acceptors (Lipinski definition) is 5. The van der Waals surface area contributed by atoms with Crippen LogP contribution >= 0.6 is 22.9 Å². The van der Waals surface area contributed by atoms with E-state index in [2.05, 4.69) is 10.2 Å². The van der Waals surface area contributed by atoms with E-state index in [0.717, 1.165) is 4.88 Å². The summed E-state index contributed by atoms with van der Waals surface area (Å²) in [5.41, 5.74) is 0.729. The zero-order valence-corrected chi connectivity index (χ0v) is 11.5. The maximum atomic E-state index is 10.9. The van der Waals surface area contributed by atoms with Gasteiger partial charge in [0.2, 0.25) is 5.89 Å². The normalized spacial score (nSPS) is 10.7. The van der Waals surface area contributed by atoms with Crippen LogP contribution in [0.1, 0.15) is 10.4 Å². The molecule has 0 aliphatic rings. The number of aromatic nitrogens is 2. The highest BCUT2D eigenvalue weighted by molar-refractivity contribution is 7.19. The molecule has 2 heterocycles. The Morgan fingerprint density at radius 1 is 1.20 bits per heavy atom. The molecule has 0 aliphatic carbocycles. The number of rotatable bonds is 3. The Balaban J connectivity index is 1.98. The fourth-order valence-electron chi connectivity index (χ4n) is 1.65. The minimum absolute atomic E-state index is 0.168. The Kier molecular flexibility index (Phi) is 3.25. The summed E-state index contributed by atoms with van der Waals surface area (Å²) in [6, 6.07) is 9.87. The highest BCUT2D eigenvalue weighted by Gasteiger charge is 2.13. The Morgan fingerprint density at radius 3 is 2.70 bits per heavy atom. The molecular formula is C13H7ClN2O3S. The molecule has 2 aromatic heterocycles. The summed E-state index contributed by atoms with van der Waals surface area (Å²) in [7, 11) is 0. The van der Waals surface area contributed by atoms with Gasteiger partial charge in [0.05, 0.1) is 14.8 Å². The van der Waals surface area contributed by atoms with Gasteiger partial charge in [0.15, 0.2) is 0 Å². The van der Waals surface area contributed by atoms with Gasteiger partial charge >= 0.3 is 5.97 Å². The minimum atomic E-state index is -1.00. The molecular weight excluding hydrogens is 300 g/mol. The van der Waals surface area contributed by atoms with Crippen LogP contribution in [0.5, 0.6) is 0 Å². The first-order chi connectivity index (χ1) is 9.63. The summed E-state index contributed by atoms with van der Waals surface area (Å²) >= 11 is 7.19. The Bertz CT molecular complexity index is 781. The fraction of sp³-hybridized carbons (Fsp3) is 0. The number of carboxylic acid groups (broad SMARTS) is 1. The van der Waals surface area contributed by atoms with E-state index in [9.17, 15) is 4.79 Å². The van der Waals surface area contributed by atoms with Crippen molar-refractivity contribution >= 4 is 28.9 Å². The molecule has 0 amide bonds. The molecule has 0 unspecified atom stereocenters. The second kappa shape index (κ2) is 5.07. The molecule has 0 atom stereocenters. The van der Waals surface area contributed by atoms with Crippen molar-refractivity contribution in [3.05, 3.63) is 46.3 Å². The number of halogens is 1. The molecule has 3 rings (SSSR count). The number of aromatic carboxylic acids is 1. The van der Waals surface area contributed by atoms with E-state index in [0.29, 0.717) is 15.8 Å². The third kappa shape index (κ3) is 2.43. The predicted octanol–water partition coefficient (Wildman–Crippen LogP) is 3.82. The van der Waals surface area contributed by atoms with Crippen molar-refractivity contribution in [1.82, 2.24) is 10.2 Å². The van der Waals surface area contributed by atoms with Gasteiger partial charge < -0.3 is 9.52 Å². The van der Waals surface area contributed by atoms with Gasteiger partial charge in [-0.2, -0.15) is 0 Å². The van der Waals surface area contributed by atoms with Gasteiger partial charge in [-0.3, -0.25) is 0 Å². The lowest BCUT2D eigenvalue weighted by Gasteiger charge is -1.97. The number of carbonyl (C=O) groups is 1. The molecule has 0 fully saturated rings. The molecule has 1 N–H and O–H groups in total. The lowest BCUT2D eigenvalue weighted by molar-refractivity contribution is 0.0697. The third-order valence-corrected chi connectivity index (χ3v) is 3.78. The van der Waals surface area contributed by atoms with Gasteiger partial charge in [-0.25, -0.2) is 4.79 Å². The summed E-state index contributed by atoms with van der Waals surface area (Å²) in [5.74, 6) is -0.373. The van der Waals surface area contributed by atoms with Crippen LogP contribution in [0, 0.1) is 0 Å². The number of carboxylic acids is 1. The van der Waals surface area contributed by atoms with E-state index in [4.69, 9.17) is 21.1 Å². The van der Waals surface area contributed by atoms with Crippen molar-refractivity contribution < 1.29 is 14.3 Å². The van der Waals surface area contributed by atoms with E-state index >= 15 is 0 Å². The minimum Gasteiger partial charge on any atom is -0.478 e. The largest absolute Gasteiger partial charge is 0.478 e. The number of thiophene rings is 1. The van der Waals surface area contributed by atoms with Crippen molar-refractivity contribution in [3.63, 3.8) is 0 Å². The van der Waals surface area contributed by atoms with Crippen molar-refractivity contribution in [1.29, 1.82) is 0 Å². The van der Waals surface area contributed by atoms with Crippen molar-refractivity contribution in [2.75, 3.05) is 0 Å². The van der Waals surface area contributed by atoms with E-state index in [1.807, 2.05) is 0 Å². The average Bonchev–Trinajstić information content (AvgIpc) is 3.07. The standard InChI is InChI=1S/C13H7ClN2O3S/c14-10-5-4-9(20-10)12-16-15-11(19-12)7-2-1-3-8(6-7)13(17)18/h1-6H,(H,17,18). The Morgan fingerprint density at radius 2 is 2.00 bits per heavy atom. The monoisotopic (exact) mass is 306 g/mol. The van der Waals surface area contributed by atoms with Crippen LogP contribution < -0.4 is 0 Å². The SMILES string of the molecule is O=C(O)c1cccc(-c2nnc(-c3ccc(Cl)s3)o2)c1. The molecule has 0 bridgehead atoms. The zero-order valence-electron chi connectivity index (χ0n) is 9.91. The van der Waals surface area contributed by atoms with Gasteiger partial charge in [0, 0.05) is 5.56 Å². The summed E-state index contributed by atoms with van der Waals surface area (Å²) in [5, 5.41) is 16.8. The van der Waals surface area contributed by atoms with Gasteiger partial charge in [0.1, 0.15) is 0 Å². The maximum absolute atomic E-state index is 10.9. The van der Waals surface area contributed by atoms with Crippen LogP contribution in [0.15, 0.2) is 40.8 Å². The molecule has 7 heteroatoms. The van der Waals surface area contributed by atoms with Crippen LogP contribution in [-0.4, -0.2) is 21.3 Å². The van der Waals surface area contributed by atoms with Crippen LogP contribution in [0.2, 0.25) is 4.34 Å². The Hall–Kier alpha value is -2.18. The first-order valence-electron chi connectivity index (χ1n) is 5.56. The van der Waals surface area contributed by atoms with E-state index in [1.54, 1.807) is 24.3 Å². The predicted molar refractivity (Wildman–Crippen MR) is 75.0 cm³/mol. The molecule has 0 saturated carbocycles. The number of hydrogen-bond donors (Lipinski definition) is 1. The molecule has 0 saturated heterocycles. The highest BCUT2D eigenvalue weighted by atomic mass is 35.5. The van der Waals surface area contributed by atoms with Gasteiger partial charge in [-0.1, -0.05) is 17.7 Å². The molecule has 0 aliphatic heterocycles. The van der Waals surface area contributed by atoms with Gasteiger partial charge in [-0.15, -0.1) is 21.5 Å². The van der Waals surface area contributed by atoms with E-state index in [1.165, 1.54) is 23.5 Å². The second-order valence-electron chi connectivity index (χ2n) is 3.90. The Labute approximate surface area is 122 Å². The quantitative estimate of drug-likeness (QED) is 0.796. The topological polar surface area (TPSA) is 76.2 Å².